The molecule has 3 atom stereocenters. The van der Waals surface area contributed by atoms with Gasteiger partial charge in [0.1, 0.15) is 18.3 Å². The molecule has 1 N–H and O–H groups in total. The molecule has 1 aromatic heterocycles. The van der Waals surface area contributed by atoms with Crippen LogP contribution in [0.4, 0.5) is 0 Å². The molecule has 7 heteroatoms. The molecule has 0 bridgehead atoms. The Bertz CT molecular complexity index is 1070. The Morgan fingerprint density at radius 2 is 2.00 bits per heavy atom. The highest BCUT2D eigenvalue weighted by Gasteiger charge is 2.40. The number of cyclic esters (lactones) is 1. The van der Waals surface area contributed by atoms with E-state index in [1.165, 1.54) is 0 Å². The number of azo groups is 1. The number of ether oxygens (including phenoxy) is 1. The number of esters is 1. The quantitative estimate of drug-likeness (QED) is 0.836. The van der Waals surface area contributed by atoms with Crippen LogP contribution in [0.15, 0.2) is 70.0 Å². The van der Waals surface area contributed by atoms with Crippen molar-refractivity contribution in [2.24, 2.45) is 16.1 Å². The number of fused-ring (bicyclic) bond motifs is 2. The minimum Gasteiger partial charge on any atom is -0.457 e. The van der Waals surface area contributed by atoms with Crippen molar-refractivity contribution in [3.63, 3.8) is 0 Å². The van der Waals surface area contributed by atoms with E-state index in [2.05, 4.69) is 15.5 Å². The molecule has 2 aliphatic heterocycles. The molecule has 3 unspecified atom stereocenters. The van der Waals surface area contributed by atoms with Crippen molar-refractivity contribution in [3.05, 3.63) is 65.5 Å². The number of nitrogens with one attached hydrogen (secondary N) is 1. The summed E-state index contributed by atoms with van der Waals surface area (Å²) in [6.45, 7) is 0.200. The zero-order chi connectivity index (χ0) is 19.1. The summed E-state index contributed by atoms with van der Waals surface area (Å²) in [5.41, 5.74) is 2.66. The maximum absolute atomic E-state index is 12.6. The lowest BCUT2D eigenvalue weighted by molar-refractivity contribution is -0.137. The number of pyridine rings is 1. The topological polar surface area (TPSA) is 93.0 Å². The van der Waals surface area contributed by atoms with Crippen LogP contribution in [-0.2, 0) is 14.3 Å². The minimum absolute atomic E-state index is 0.0606. The van der Waals surface area contributed by atoms with Gasteiger partial charge in [-0.2, -0.15) is 10.2 Å². The Balaban J connectivity index is 1.36. The Morgan fingerprint density at radius 3 is 2.86 bits per heavy atom. The van der Waals surface area contributed by atoms with Gasteiger partial charge in [0.25, 0.3) is 5.91 Å². The molecule has 28 heavy (non-hydrogen) atoms. The molecule has 1 aliphatic carbocycles. The molecular formula is C21H18N4O3. The molecule has 7 nitrogen and oxygen atoms in total. The first kappa shape index (κ1) is 16.8. The van der Waals surface area contributed by atoms with E-state index in [0.717, 1.165) is 16.6 Å². The van der Waals surface area contributed by atoms with Gasteiger partial charge in [0, 0.05) is 16.9 Å². The second-order valence-electron chi connectivity index (χ2n) is 7.18. The van der Waals surface area contributed by atoms with Gasteiger partial charge in [-0.3, -0.25) is 9.78 Å². The van der Waals surface area contributed by atoms with Crippen LogP contribution < -0.4 is 5.32 Å². The average molecular weight is 374 g/mol. The molecule has 1 amide bonds. The van der Waals surface area contributed by atoms with Crippen molar-refractivity contribution >= 4 is 22.8 Å². The van der Waals surface area contributed by atoms with Gasteiger partial charge < -0.3 is 10.1 Å². The lowest BCUT2D eigenvalue weighted by atomic mass is 9.80. The van der Waals surface area contributed by atoms with Crippen LogP contribution in [0.1, 0.15) is 24.6 Å². The van der Waals surface area contributed by atoms with Gasteiger partial charge >= 0.3 is 5.97 Å². The van der Waals surface area contributed by atoms with E-state index in [9.17, 15) is 9.59 Å². The number of hydrogen-bond donors (Lipinski definition) is 1. The Labute approximate surface area is 161 Å². The lowest BCUT2D eigenvalue weighted by Crippen LogP contribution is -2.32. The molecular weight excluding hydrogens is 356 g/mol. The maximum Gasteiger partial charge on any atom is 0.354 e. The van der Waals surface area contributed by atoms with Crippen LogP contribution in [-0.4, -0.2) is 29.5 Å². The summed E-state index contributed by atoms with van der Waals surface area (Å²) in [5, 5.41) is 12.6. The van der Waals surface area contributed by atoms with Crippen LogP contribution in [0, 0.1) is 5.92 Å². The zero-order valence-corrected chi connectivity index (χ0v) is 15.0. The van der Waals surface area contributed by atoms with E-state index in [0.29, 0.717) is 18.4 Å². The normalized spacial score (nSPS) is 25.9. The first-order valence-corrected chi connectivity index (χ1v) is 9.32. The summed E-state index contributed by atoms with van der Waals surface area (Å²) in [6, 6.07) is 11.9. The third kappa shape index (κ3) is 2.89. The van der Waals surface area contributed by atoms with Crippen molar-refractivity contribution < 1.29 is 14.3 Å². The van der Waals surface area contributed by atoms with Crippen LogP contribution in [0.25, 0.3) is 10.9 Å². The summed E-state index contributed by atoms with van der Waals surface area (Å²) in [4.78, 5) is 28.9. The van der Waals surface area contributed by atoms with Gasteiger partial charge in [0.15, 0.2) is 0 Å². The number of benzene rings is 1. The van der Waals surface area contributed by atoms with E-state index >= 15 is 0 Å². The molecule has 0 radical (unpaired) electrons. The van der Waals surface area contributed by atoms with Gasteiger partial charge in [-0.15, -0.1) is 0 Å². The summed E-state index contributed by atoms with van der Waals surface area (Å²) in [5.74, 6) is -0.670. The van der Waals surface area contributed by atoms with Gasteiger partial charge in [-0.25, -0.2) is 4.79 Å². The Hall–Kier alpha value is -3.35. The third-order valence-corrected chi connectivity index (χ3v) is 5.49. The zero-order valence-electron chi connectivity index (χ0n) is 15.0. The number of carbonyl (C=O) groups excluding carboxylic acids is 2. The molecule has 5 rings (SSSR count). The Morgan fingerprint density at radius 1 is 1.11 bits per heavy atom. The van der Waals surface area contributed by atoms with Crippen LogP contribution in [0.2, 0.25) is 0 Å². The fourth-order valence-corrected chi connectivity index (χ4v) is 3.99. The van der Waals surface area contributed by atoms with E-state index in [1.807, 2.05) is 42.5 Å². The second kappa shape index (κ2) is 6.67. The minimum atomic E-state index is -0.494. The van der Waals surface area contributed by atoms with Crippen LogP contribution in [0.3, 0.4) is 0 Å². The summed E-state index contributed by atoms with van der Waals surface area (Å²) >= 11 is 0. The molecule has 0 fully saturated rings. The standard InChI is InChI=1S/C21H18N4O3/c26-20(23-18-9-10-28-21(18)27)13-6-7-16-14(11-13)19(25-24-16)17-8-5-12-3-1-2-4-15(12)22-17/h1-6,8-9,14,16,19H,7,10-11H2,(H,23,26). The largest absolute Gasteiger partial charge is 0.457 e. The first-order chi connectivity index (χ1) is 13.7. The van der Waals surface area contributed by atoms with Crippen molar-refractivity contribution in [1.29, 1.82) is 0 Å². The highest BCUT2D eigenvalue weighted by molar-refractivity contribution is 6.01. The highest BCUT2D eigenvalue weighted by Crippen LogP contribution is 2.43. The number of nitrogens with zero attached hydrogens (tertiary/aromatic N) is 3. The summed E-state index contributed by atoms with van der Waals surface area (Å²) in [7, 11) is 0. The molecule has 0 saturated heterocycles. The second-order valence-corrected chi connectivity index (χ2v) is 7.18. The molecule has 1 aromatic carbocycles. The fourth-order valence-electron chi connectivity index (χ4n) is 3.99. The molecule has 2 aromatic rings. The van der Waals surface area contributed by atoms with E-state index in [4.69, 9.17) is 9.72 Å². The first-order valence-electron chi connectivity index (χ1n) is 9.32. The molecule has 0 spiro atoms. The van der Waals surface area contributed by atoms with Crippen molar-refractivity contribution in [2.75, 3.05) is 6.61 Å². The van der Waals surface area contributed by atoms with E-state index < -0.39 is 5.97 Å². The van der Waals surface area contributed by atoms with E-state index in [-0.39, 0.29) is 36.2 Å². The lowest BCUT2D eigenvalue weighted by Gasteiger charge is -2.26. The summed E-state index contributed by atoms with van der Waals surface area (Å²) in [6.07, 6.45) is 4.68. The third-order valence-electron chi connectivity index (χ3n) is 5.49. The fraction of sp³-hybridized carbons (Fsp3) is 0.286. The predicted octanol–water partition coefficient (Wildman–Crippen LogP) is 3.00. The SMILES string of the molecule is O=C(NC1=CCOC1=O)C1=CCC2N=NC(c3ccc4ccccc4n3)C2C1. The van der Waals surface area contributed by atoms with Crippen LogP contribution in [0.5, 0.6) is 0 Å². The smallest absolute Gasteiger partial charge is 0.354 e. The molecule has 3 heterocycles. The maximum atomic E-state index is 12.6. The van der Waals surface area contributed by atoms with Crippen molar-refractivity contribution in [2.45, 2.75) is 24.9 Å². The van der Waals surface area contributed by atoms with Gasteiger partial charge in [0.2, 0.25) is 0 Å². The van der Waals surface area contributed by atoms with Gasteiger partial charge in [-0.1, -0.05) is 30.3 Å². The number of hydrogen-bond acceptors (Lipinski definition) is 6. The van der Waals surface area contributed by atoms with Gasteiger partial charge in [0.05, 0.1) is 17.3 Å². The van der Waals surface area contributed by atoms with Crippen molar-refractivity contribution in [3.8, 4) is 0 Å². The highest BCUT2D eigenvalue weighted by atomic mass is 16.5. The van der Waals surface area contributed by atoms with Crippen molar-refractivity contribution in [1.82, 2.24) is 10.3 Å². The Kier molecular flexibility index (Phi) is 4.00. The molecule has 0 saturated carbocycles. The number of carbonyl (C=O) groups is 2. The monoisotopic (exact) mass is 374 g/mol. The predicted molar refractivity (Wildman–Crippen MR) is 101 cm³/mol. The van der Waals surface area contributed by atoms with E-state index in [1.54, 1.807) is 6.08 Å². The van der Waals surface area contributed by atoms with Gasteiger partial charge in [-0.05, 0) is 31.1 Å². The average Bonchev–Trinajstić information content (AvgIpc) is 3.33. The number of aromatic nitrogens is 1. The number of amides is 1. The number of para-hydroxylation sites is 1. The number of rotatable bonds is 3. The molecule has 140 valence electrons. The molecule has 3 aliphatic rings. The summed E-state index contributed by atoms with van der Waals surface area (Å²) < 4.78 is 4.83. The van der Waals surface area contributed by atoms with Crippen LogP contribution >= 0.6 is 0 Å².